The van der Waals surface area contributed by atoms with Gasteiger partial charge in [-0.05, 0) is 43.0 Å². The molecule has 2 aromatic heterocycles. The molecule has 0 spiro atoms. The van der Waals surface area contributed by atoms with E-state index < -0.39 is 12.1 Å². The zero-order chi connectivity index (χ0) is 15.7. The van der Waals surface area contributed by atoms with Crippen LogP contribution in [0.4, 0.5) is 10.6 Å². The minimum atomic E-state index is -0.587. The Morgan fingerprint density at radius 1 is 1.45 bits per heavy atom. The molecule has 0 aromatic carbocycles. The third-order valence-electron chi connectivity index (χ3n) is 3.91. The van der Waals surface area contributed by atoms with Crippen LogP contribution in [0.25, 0.3) is 11.1 Å². The maximum Gasteiger partial charge on any atom is 0.320 e. The van der Waals surface area contributed by atoms with E-state index in [-0.39, 0.29) is 0 Å². The van der Waals surface area contributed by atoms with Crippen LogP contribution in [0.5, 0.6) is 0 Å². The van der Waals surface area contributed by atoms with E-state index in [1.807, 2.05) is 6.07 Å². The Kier molecular flexibility index (Phi) is 3.77. The molecule has 2 amide bonds. The summed E-state index contributed by atoms with van der Waals surface area (Å²) >= 11 is 0. The third kappa shape index (κ3) is 2.53. The van der Waals surface area contributed by atoms with Crippen LogP contribution < -0.4 is 10.6 Å². The number of hydrogen-bond donors (Lipinski definition) is 2. The van der Waals surface area contributed by atoms with E-state index in [1.165, 1.54) is 4.90 Å². The van der Waals surface area contributed by atoms with Gasteiger partial charge in [0, 0.05) is 36.3 Å². The van der Waals surface area contributed by atoms with Crippen LogP contribution in [0, 0.1) is 0 Å². The molecular formula is C16H18N4O2. The molecular weight excluding hydrogens is 280 g/mol. The Balaban J connectivity index is 2.07. The molecule has 0 radical (unpaired) electrons. The Morgan fingerprint density at radius 3 is 3.00 bits per heavy atom. The minimum absolute atomic E-state index is 0.479. The molecule has 1 unspecified atom stereocenters. The van der Waals surface area contributed by atoms with Gasteiger partial charge in [-0.1, -0.05) is 0 Å². The van der Waals surface area contributed by atoms with Gasteiger partial charge in [0.15, 0.2) is 0 Å². The van der Waals surface area contributed by atoms with Crippen LogP contribution in [-0.4, -0.2) is 27.7 Å². The molecule has 2 aromatic rings. The van der Waals surface area contributed by atoms with Crippen LogP contribution in [0.2, 0.25) is 0 Å². The number of aliphatic hydroxyl groups excluding tert-OH is 1. The SMILES string of the molecule is CC(O)c1ccncc1-c1cnc2c(c1)CCCN2C(N)=O. The van der Waals surface area contributed by atoms with Gasteiger partial charge in [0.1, 0.15) is 5.82 Å². The number of nitrogens with zero attached hydrogens (tertiary/aromatic N) is 3. The topological polar surface area (TPSA) is 92.3 Å². The molecule has 114 valence electrons. The van der Waals surface area contributed by atoms with Gasteiger partial charge in [0.25, 0.3) is 0 Å². The maximum absolute atomic E-state index is 11.5. The molecule has 0 saturated carbocycles. The molecule has 3 heterocycles. The Bertz CT molecular complexity index is 715. The van der Waals surface area contributed by atoms with Crippen molar-refractivity contribution in [2.24, 2.45) is 5.73 Å². The third-order valence-corrected chi connectivity index (χ3v) is 3.91. The summed E-state index contributed by atoms with van der Waals surface area (Å²) in [6, 6.07) is 3.32. The summed E-state index contributed by atoms with van der Waals surface area (Å²) in [5.41, 5.74) is 8.93. The van der Waals surface area contributed by atoms with Crippen molar-refractivity contribution in [1.82, 2.24) is 9.97 Å². The smallest absolute Gasteiger partial charge is 0.320 e. The van der Waals surface area contributed by atoms with Crippen molar-refractivity contribution in [2.45, 2.75) is 25.9 Å². The molecule has 0 bridgehead atoms. The summed E-state index contributed by atoms with van der Waals surface area (Å²) < 4.78 is 0. The molecule has 6 nitrogen and oxygen atoms in total. The number of anilines is 1. The lowest BCUT2D eigenvalue weighted by molar-refractivity contribution is 0.200. The zero-order valence-electron chi connectivity index (χ0n) is 12.4. The van der Waals surface area contributed by atoms with Crippen molar-refractivity contribution in [3.8, 4) is 11.1 Å². The van der Waals surface area contributed by atoms with Gasteiger partial charge in [-0.25, -0.2) is 9.78 Å². The number of aliphatic hydroxyl groups is 1. The van der Waals surface area contributed by atoms with E-state index in [1.54, 1.807) is 31.6 Å². The average Bonchev–Trinajstić information content (AvgIpc) is 2.53. The van der Waals surface area contributed by atoms with Gasteiger partial charge < -0.3 is 10.8 Å². The lowest BCUT2D eigenvalue weighted by Gasteiger charge is -2.27. The van der Waals surface area contributed by atoms with Crippen LogP contribution in [0.15, 0.2) is 30.7 Å². The van der Waals surface area contributed by atoms with E-state index in [0.29, 0.717) is 12.4 Å². The lowest BCUT2D eigenvalue weighted by atomic mass is 9.97. The second kappa shape index (κ2) is 5.73. The number of carbonyl (C=O) groups is 1. The van der Waals surface area contributed by atoms with Crippen molar-refractivity contribution in [3.05, 3.63) is 41.9 Å². The fourth-order valence-electron chi connectivity index (χ4n) is 2.84. The Labute approximate surface area is 128 Å². The first kappa shape index (κ1) is 14.5. The monoisotopic (exact) mass is 298 g/mol. The van der Waals surface area contributed by atoms with Gasteiger partial charge in [0.05, 0.1) is 6.10 Å². The number of primary amides is 1. The van der Waals surface area contributed by atoms with E-state index in [9.17, 15) is 9.90 Å². The number of nitrogens with two attached hydrogens (primary N) is 1. The van der Waals surface area contributed by atoms with Crippen LogP contribution >= 0.6 is 0 Å². The van der Waals surface area contributed by atoms with Gasteiger partial charge in [-0.3, -0.25) is 9.88 Å². The molecule has 0 fully saturated rings. The lowest BCUT2D eigenvalue weighted by Crippen LogP contribution is -2.40. The molecule has 1 aliphatic heterocycles. The molecule has 6 heteroatoms. The highest BCUT2D eigenvalue weighted by Gasteiger charge is 2.23. The van der Waals surface area contributed by atoms with Crippen LogP contribution in [-0.2, 0) is 6.42 Å². The van der Waals surface area contributed by atoms with E-state index in [2.05, 4.69) is 9.97 Å². The van der Waals surface area contributed by atoms with Crippen LogP contribution in [0.1, 0.15) is 30.6 Å². The van der Waals surface area contributed by atoms with Crippen molar-refractivity contribution in [2.75, 3.05) is 11.4 Å². The van der Waals surface area contributed by atoms with Crippen molar-refractivity contribution >= 4 is 11.8 Å². The number of carbonyl (C=O) groups excluding carboxylic acids is 1. The highest BCUT2D eigenvalue weighted by molar-refractivity contribution is 5.91. The summed E-state index contributed by atoms with van der Waals surface area (Å²) in [4.78, 5) is 21.5. The molecule has 1 atom stereocenters. The largest absolute Gasteiger partial charge is 0.389 e. The van der Waals surface area contributed by atoms with Crippen LogP contribution in [0.3, 0.4) is 0 Å². The minimum Gasteiger partial charge on any atom is -0.389 e. The van der Waals surface area contributed by atoms with Crippen molar-refractivity contribution in [3.63, 3.8) is 0 Å². The quantitative estimate of drug-likeness (QED) is 0.887. The second-order valence-corrected chi connectivity index (χ2v) is 5.44. The molecule has 0 saturated heterocycles. The van der Waals surface area contributed by atoms with Gasteiger partial charge in [0.2, 0.25) is 0 Å². The number of hydrogen-bond acceptors (Lipinski definition) is 4. The predicted molar refractivity (Wildman–Crippen MR) is 83.4 cm³/mol. The van der Waals surface area contributed by atoms with E-state index in [0.717, 1.165) is 35.1 Å². The Hall–Kier alpha value is -2.47. The number of rotatable bonds is 2. The first-order valence-corrected chi connectivity index (χ1v) is 7.26. The summed E-state index contributed by atoms with van der Waals surface area (Å²) in [6.07, 6.45) is 6.20. The summed E-state index contributed by atoms with van der Waals surface area (Å²) in [6.45, 7) is 2.32. The molecule has 1 aliphatic rings. The maximum atomic E-state index is 11.5. The number of aryl methyl sites for hydroxylation is 1. The fraction of sp³-hybridized carbons (Fsp3) is 0.312. The standard InChI is InChI=1S/C16H18N4O2/c1-10(21)13-4-5-18-9-14(13)12-7-11-3-2-6-20(16(17)22)15(11)19-8-12/h4-5,7-10,21H,2-3,6H2,1H3,(H2,17,22). The number of fused-ring (bicyclic) bond motifs is 1. The summed E-state index contributed by atoms with van der Waals surface area (Å²) in [5.74, 6) is 0.630. The van der Waals surface area contributed by atoms with E-state index in [4.69, 9.17) is 5.73 Å². The highest BCUT2D eigenvalue weighted by Crippen LogP contribution is 2.32. The normalized spacial score (nSPS) is 15.3. The predicted octanol–water partition coefficient (Wildman–Crippen LogP) is 2.03. The molecule has 3 N–H and O–H groups in total. The average molecular weight is 298 g/mol. The highest BCUT2D eigenvalue weighted by atomic mass is 16.3. The first-order chi connectivity index (χ1) is 10.6. The number of amides is 2. The van der Waals surface area contributed by atoms with Gasteiger partial charge in [-0.15, -0.1) is 0 Å². The summed E-state index contributed by atoms with van der Waals surface area (Å²) in [5, 5.41) is 9.90. The van der Waals surface area contributed by atoms with E-state index >= 15 is 0 Å². The zero-order valence-corrected chi connectivity index (χ0v) is 12.4. The Morgan fingerprint density at radius 2 is 2.27 bits per heavy atom. The number of pyridine rings is 2. The van der Waals surface area contributed by atoms with Crippen molar-refractivity contribution < 1.29 is 9.90 Å². The van der Waals surface area contributed by atoms with Gasteiger partial charge >= 0.3 is 6.03 Å². The first-order valence-electron chi connectivity index (χ1n) is 7.26. The second-order valence-electron chi connectivity index (χ2n) is 5.44. The molecule has 22 heavy (non-hydrogen) atoms. The summed E-state index contributed by atoms with van der Waals surface area (Å²) in [7, 11) is 0. The fourth-order valence-corrected chi connectivity index (χ4v) is 2.84. The van der Waals surface area contributed by atoms with Gasteiger partial charge in [-0.2, -0.15) is 0 Å². The molecule has 3 rings (SSSR count). The molecule has 0 aliphatic carbocycles. The number of aromatic nitrogens is 2. The number of urea groups is 1. The van der Waals surface area contributed by atoms with Crippen molar-refractivity contribution in [1.29, 1.82) is 0 Å².